The zero-order chi connectivity index (χ0) is 22.6. The Hall–Kier alpha value is -2.22. The molecule has 0 saturated carbocycles. The Bertz CT molecular complexity index is 1010. The minimum Gasteiger partial charge on any atom is -0.350 e. The summed E-state index contributed by atoms with van der Waals surface area (Å²) >= 11 is 0. The predicted octanol–water partition coefficient (Wildman–Crippen LogP) is 3.59. The molecule has 0 spiro atoms. The Balaban J connectivity index is 1.80. The van der Waals surface area contributed by atoms with Gasteiger partial charge in [0.15, 0.2) is 0 Å². The number of nitrogens with one attached hydrogen (secondary N) is 1. The standard InChI is InChI=1S/C24H33N3O3S/c1-18-13-14-21(31(29,30)27-15-9-8-10-19(27)2)16-22(18)24(28)25-17-23(26(3)4)20-11-6-5-7-12-20/h5-7,11-14,16,19,23H,8-10,15,17H2,1-4H3,(H,25,28)/t19-,23-/m0/s1. The van der Waals surface area contributed by atoms with Crippen LogP contribution in [-0.4, -0.2) is 56.8 Å². The van der Waals surface area contributed by atoms with Crippen LogP contribution in [0.5, 0.6) is 0 Å². The number of likely N-dealkylation sites (N-methyl/N-ethyl adjacent to an activating group) is 1. The van der Waals surface area contributed by atoms with Crippen LogP contribution >= 0.6 is 0 Å². The molecule has 1 heterocycles. The van der Waals surface area contributed by atoms with E-state index < -0.39 is 10.0 Å². The van der Waals surface area contributed by atoms with Crippen LogP contribution < -0.4 is 5.32 Å². The van der Waals surface area contributed by atoms with Gasteiger partial charge in [0.1, 0.15) is 0 Å². The molecule has 1 aliphatic heterocycles. The number of carbonyl (C=O) groups excluding carboxylic acids is 1. The van der Waals surface area contributed by atoms with Crippen LogP contribution in [0, 0.1) is 6.92 Å². The zero-order valence-electron chi connectivity index (χ0n) is 18.8. The second-order valence-corrected chi connectivity index (χ2v) is 10.4. The quantitative estimate of drug-likeness (QED) is 0.710. The first-order valence-corrected chi connectivity index (χ1v) is 12.3. The van der Waals surface area contributed by atoms with E-state index in [1.165, 1.54) is 6.07 Å². The molecule has 2 atom stereocenters. The summed E-state index contributed by atoms with van der Waals surface area (Å²) < 4.78 is 28.0. The maximum Gasteiger partial charge on any atom is 0.251 e. The Morgan fingerprint density at radius 2 is 1.87 bits per heavy atom. The van der Waals surface area contributed by atoms with Crippen molar-refractivity contribution in [3.63, 3.8) is 0 Å². The molecule has 0 aromatic heterocycles. The molecule has 2 aromatic carbocycles. The topological polar surface area (TPSA) is 69.7 Å². The number of amides is 1. The van der Waals surface area contributed by atoms with Crippen LogP contribution in [0.4, 0.5) is 0 Å². The third-order valence-electron chi connectivity index (χ3n) is 6.07. The van der Waals surface area contributed by atoms with E-state index in [0.29, 0.717) is 18.7 Å². The number of rotatable bonds is 7. The molecule has 0 bridgehead atoms. The van der Waals surface area contributed by atoms with Gasteiger partial charge in [0, 0.05) is 24.7 Å². The Morgan fingerprint density at radius 3 is 2.52 bits per heavy atom. The van der Waals surface area contributed by atoms with Crippen molar-refractivity contribution in [2.45, 2.75) is 50.1 Å². The third-order valence-corrected chi connectivity index (χ3v) is 8.08. The van der Waals surface area contributed by atoms with Gasteiger partial charge in [0.2, 0.25) is 10.0 Å². The number of benzene rings is 2. The van der Waals surface area contributed by atoms with Gasteiger partial charge in [-0.3, -0.25) is 4.79 Å². The lowest BCUT2D eigenvalue weighted by molar-refractivity contribution is 0.0941. The van der Waals surface area contributed by atoms with Crippen molar-refractivity contribution in [1.82, 2.24) is 14.5 Å². The fraction of sp³-hybridized carbons (Fsp3) is 0.458. The second-order valence-electron chi connectivity index (χ2n) is 8.54. The van der Waals surface area contributed by atoms with Crippen LogP contribution in [-0.2, 0) is 10.0 Å². The maximum atomic E-state index is 13.2. The van der Waals surface area contributed by atoms with Gasteiger partial charge < -0.3 is 10.2 Å². The first-order chi connectivity index (χ1) is 14.7. The van der Waals surface area contributed by atoms with Crippen molar-refractivity contribution in [2.75, 3.05) is 27.2 Å². The van der Waals surface area contributed by atoms with Gasteiger partial charge in [0.25, 0.3) is 5.91 Å². The first kappa shape index (κ1) is 23.4. The lowest BCUT2D eigenvalue weighted by Gasteiger charge is -2.32. The Kier molecular flexibility index (Phi) is 7.51. The van der Waals surface area contributed by atoms with Gasteiger partial charge in [0.05, 0.1) is 10.9 Å². The largest absolute Gasteiger partial charge is 0.350 e. The van der Waals surface area contributed by atoms with Gasteiger partial charge in [-0.15, -0.1) is 0 Å². The number of carbonyl (C=O) groups is 1. The van der Waals surface area contributed by atoms with Crippen molar-refractivity contribution < 1.29 is 13.2 Å². The molecule has 0 radical (unpaired) electrons. The number of nitrogens with zero attached hydrogens (tertiary/aromatic N) is 2. The van der Waals surface area contributed by atoms with Crippen LogP contribution in [0.15, 0.2) is 53.4 Å². The molecule has 0 unspecified atom stereocenters. The normalized spacial score (nSPS) is 18.7. The average molecular weight is 444 g/mol. The van der Waals surface area contributed by atoms with Gasteiger partial charge in [-0.1, -0.05) is 42.8 Å². The molecular formula is C24H33N3O3S. The lowest BCUT2D eigenvalue weighted by atomic mass is 10.1. The molecule has 3 rings (SSSR count). The average Bonchev–Trinajstić information content (AvgIpc) is 2.74. The van der Waals surface area contributed by atoms with Crippen LogP contribution in [0.1, 0.15) is 53.7 Å². The van der Waals surface area contributed by atoms with E-state index >= 15 is 0 Å². The number of piperidine rings is 1. The Labute approximate surface area is 186 Å². The molecule has 1 aliphatic rings. The number of hydrogen-bond acceptors (Lipinski definition) is 4. The lowest BCUT2D eigenvalue weighted by Crippen LogP contribution is -2.42. The number of sulfonamides is 1. The van der Waals surface area contributed by atoms with E-state index in [1.807, 2.05) is 58.3 Å². The van der Waals surface area contributed by atoms with Crippen molar-refractivity contribution in [3.8, 4) is 0 Å². The molecule has 1 amide bonds. The van der Waals surface area contributed by atoms with E-state index in [-0.39, 0.29) is 22.9 Å². The summed E-state index contributed by atoms with van der Waals surface area (Å²) in [4.78, 5) is 15.2. The molecule has 31 heavy (non-hydrogen) atoms. The molecule has 1 saturated heterocycles. The molecule has 6 nitrogen and oxygen atoms in total. The second kappa shape index (κ2) is 9.94. The summed E-state index contributed by atoms with van der Waals surface area (Å²) in [7, 11) is 0.322. The highest BCUT2D eigenvalue weighted by Gasteiger charge is 2.31. The summed E-state index contributed by atoms with van der Waals surface area (Å²) in [5, 5.41) is 3.00. The van der Waals surface area contributed by atoms with Gasteiger partial charge >= 0.3 is 0 Å². The highest BCUT2D eigenvalue weighted by molar-refractivity contribution is 7.89. The fourth-order valence-corrected chi connectivity index (χ4v) is 5.86. The summed E-state index contributed by atoms with van der Waals surface area (Å²) in [6.07, 6.45) is 2.78. The third kappa shape index (κ3) is 5.34. The highest BCUT2D eigenvalue weighted by atomic mass is 32.2. The first-order valence-electron chi connectivity index (χ1n) is 10.8. The highest BCUT2D eigenvalue weighted by Crippen LogP contribution is 2.26. The minimum atomic E-state index is -3.63. The smallest absolute Gasteiger partial charge is 0.251 e. The van der Waals surface area contributed by atoms with Crippen molar-refractivity contribution in [1.29, 1.82) is 0 Å². The Morgan fingerprint density at radius 1 is 1.16 bits per heavy atom. The van der Waals surface area contributed by atoms with Gasteiger partial charge in [-0.25, -0.2) is 8.42 Å². The van der Waals surface area contributed by atoms with E-state index in [0.717, 1.165) is 30.4 Å². The number of hydrogen-bond donors (Lipinski definition) is 1. The summed E-state index contributed by atoms with van der Waals surface area (Å²) in [5.74, 6) is -0.260. The monoisotopic (exact) mass is 443 g/mol. The molecule has 7 heteroatoms. The van der Waals surface area contributed by atoms with Crippen LogP contribution in [0.25, 0.3) is 0 Å². The molecule has 0 aliphatic carbocycles. The zero-order valence-corrected chi connectivity index (χ0v) is 19.7. The fourth-order valence-electron chi connectivity index (χ4n) is 4.13. The SMILES string of the molecule is Cc1ccc(S(=O)(=O)N2CCCC[C@@H]2C)cc1C(=O)NC[C@@H](c1ccccc1)N(C)C. The van der Waals surface area contributed by atoms with E-state index in [2.05, 4.69) is 10.2 Å². The van der Waals surface area contributed by atoms with Crippen molar-refractivity contribution >= 4 is 15.9 Å². The van der Waals surface area contributed by atoms with Gasteiger partial charge in [-0.2, -0.15) is 4.31 Å². The maximum absolute atomic E-state index is 13.2. The summed E-state index contributed by atoms with van der Waals surface area (Å²) in [6.45, 7) is 4.73. The van der Waals surface area contributed by atoms with Crippen LogP contribution in [0.2, 0.25) is 0 Å². The van der Waals surface area contributed by atoms with E-state index in [9.17, 15) is 13.2 Å². The molecule has 2 aromatic rings. The predicted molar refractivity (Wildman–Crippen MR) is 124 cm³/mol. The minimum absolute atomic E-state index is 0.0200. The van der Waals surface area contributed by atoms with Crippen molar-refractivity contribution in [2.24, 2.45) is 0 Å². The molecule has 1 N–H and O–H groups in total. The van der Waals surface area contributed by atoms with Crippen molar-refractivity contribution in [3.05, 3.63) is 65.2 Å². The summed E-state index contributed by atoms with van der Waals surface area (Å²) in [6, 6.07) is 14.8. The molecule has 1 fully saturated rings. The van der Waals surface area contributed by atoms with E-state index in [4.69, 9.17) is 0 Å². The molecule has 168 valence electrons. The van der Waals surface area contributed by atoms with E-state index in [1.54, 1.807) is 16.4 Å². The number of aryl methyl sites for hydroxylation is 1. The van der Waals surface area contributed by atoms with Crippen LogP contribution in [0.3, 0.4) is 0 Å². The summed E-state index contributed by atoms with van der Waals surface area (Å²) in [5.41, 5.74) is 2.26. The van der Waals surface area contributed by atoms with Gasteiger partial charge in [-0.05, 0) is 64.0 Å². The molecular weight excluding hydrogens is 410 g/mol.